The summed E-state index contributed by atoms with van der Waals surface area (Å²) in [4.78, 5) is 0. The Hall–Kier alpha value is 0.190. The van der Waals surface area contributed by atoms with Gasteiger partial charge in [0, 0.05) is 30.8 Å². The lowest BCUT2D eigenvalue weighted by molar-refractivity contribution is 0.128. The molecule has 1 rings (SSSR count). The van der Waals surface area contributed by atoms with E-state index >= 15 is 0 Å². The fourth-order valence-electron chi connectivity index (χ4n) is 1.62. The third kappa shape index (κ3) is 4.70. The average molecular weight is 235 g/mol. The molecule has 4 nitrogen and oxygen atoms in total. The van der Waals surface area contributed by atoms with E-state index in [1.807, 2.05) is 0 Å². The van der Waals surface area contributed by atoms with E-state index in [1.54, 1.807) is 18.9 Å². The zero-order chi connectivity index (χ0) is 11.1. The number of aliphatic hydroxyl groups excluding tert-OH is 1. The zero-order valence-corrected chi connectivity index (χ0v) is 10.0. The minimum Gasteiger partial charge on any atom is -0.395 e. The van der Waals surface area contributed by atoms with Crippen LogP contribution in [0.4, 0.5) is 0 Å². The Morgan fingerprint density at radius 3 is 3.00 bits per heavy atom. The molecule has 0 aromatic rings. The van der Waals surface area contributed by atoms with E-state index in [4.69, 9.17) is 15.2 Å². The van der Waals surface area contributed by atoms with Crippen molar-refractivity contribution in [1.82, 2.24) is 0 Å². The van der Waals surface area contributed by atoms with Crippen molar-refractivity contribution in [3.8, 4) is 0 Å². The standard InChI is InChI=1S/C10H21NO3S/c1-13-6-9(11)10(5-12)15-7-8-3-2-4-14-8/h8-10,12H,2-7,11H2,1H3. The maximum Gasteiger partial charge on any atom is 0.0666 e. The van der Waals surface area contributed by atoms with Crippen molar-refractivity contribution in [3.63, 3.8) is 0 Å². The van der Waals surface area contributed by atoms with Crippen molar-refractivity contribution >= 4 is 11.8 Å². The van der Waals surface area contributed by atoms with Crippen LogP contribution >= 0.6 is 11.8 Å². The number of hydrogen-bond acceptors (Lipinski definition) is 5. The Morgan fingerprint density at radius 2 is 2.47 bits per heavy atom. The monoisotopic (exact) mass is 235 g/mol. The molecule has 0 radical (unpaired) electrons. The van der Waals surface area contributed by atoms with Crippen LogP contribution in [0.3, 0.4) is 0 Å². The molecular formula is C10H21NO3S. The smallest absolute Gasteiger partial charge is 0.0666 e. The number of nitrogens with two attached hydrogens (primary N) is 1. The van der Waals surface area contributed by atoms with E-state index in [0.717, 1.165) is 25.2 Å². The molecule has 0 saturated carbocycles. The molecule has 90 valence electrons. The molecule has 3 N–H and O–H groups in total. The lowest BCUT2D eigenvalue weighted by Crippen LogP contribution is -2.39. The molecule has 0 spiro atoms. The zero-order valence-electron chi connectivity index (χ0n) is 9.22. The first-order chi connectivity index (χ1) is 7.27. The second kappa shape index (κ2) is 7.46. The van der Waals surface area contributed by atoms with E-state index in [9.17, 15) is 5.11 Å². The summed E-state index contributed by atoms with van der Waals surface area (Å²) < 4.78 is 10.5. The molecule has 3 atom stereocenters. The van der Waals surface area contributed by atoms with Crippen molar-refractivity contribution in [1.29, 1.82) is 0 Å². The second-order valence-corrected chi connectivity index (χ2v) is 5.08. The second-order valence-electron chi connectivity index (χ2n) is 3.81. The summed E-state index contributed by atoms with van der Waals surface area (Å²) in [6.07, 6.45) is 2.63. The molecular weight excluding hydrogens is 214 g/mol. The summed E-state index contributed by atoms with van der Waals surface area (Å²) in [5, 5.41) is 9.25. The van der Waals surface area contributed by atoms with Crippen LogP contribution in [-0.4, -0.2) is 55.2 Å². The van der Waals surface area contributed by atoms with Gasteiger partial charge in [-0.1, -0.05) is 0 Å². The molecule has 0 aliphatic carbocycles. The van der Waals surface area contributed by atoms with Crippen LogP contribution in [0.2, 0.25) is 0 Å². The SMILES string of the molecule is COCC(N)C(CO)SCC1CCCO1. The lowest BCUT2D eigenvalue weighted by Gasteiger charge is -2.22. The summed E-state index contributed by atoms with van der Waals surface area (Å²) in [5.41, 5.74) is 5.88. The first-order valence-electron chi connectivity index (χ1n) is 5.36. The van der Waals surface area contributed by atoms with Crippen molar-refractivity contribution in [2.45, 2.75) is 30.2 Å². The van der Waals surface area contributed by atoms with Gasteiger partial charge < -0.3 is 20.3 Å². The first kappa shape index (κ1) is 13.3. The van der Waals surface area contributed by atoms with Gasteiger partial charge in [0.15, 0.2) is 0 Å². The molecule has 1 saturated heterocycles. The summed E-state index contributed by atoms with van der Waals surface area (Å²) >= 11 is 1.69. The molecule has 0 aromatic heterocycles. The van der Waals surface area contributed by atoms with Gasteiger partial charge in [-0.2, -0.15) is 11.8 Å². The van der Waals surface area contributed by atoms with Crippen molar-refractivity contribution in [2.24, 2.45) is 5.73 Å². The third-order valence-corrected chi connectivity index (χ3v) is 4.03. The van der Waals surface area contributed by atoms with Gasteiger partial charge >= 0.3 is 0 Å². The van der Waals surface area contributed by atoms with Gasteiger partial charge in [-0.3, -0.25) is 0 Å². The predicted molar refractivity (Wildman–Crippen MR) is 62.2 cm³/mol. The average Bonchev–Trinajstić information content (AvgIpc) is 2.72. The highest BCUT2D eigenvalue weighted by Gasteiger charge is 2.21. The van der Waals surface area contributed by atoms with Crippen molar-refractivity contribution < 1.29 is 14.6 Å². The van der Waals surface area contributed by atoms with Gasteiger partial charge in [0.25, 0.3) is 0 Å². The third-order valence-electron chi connectivity index (χ3n) is 2.54. The Morgan fingerprint density at radius 1 is 1.67 bits per heavy atom. The molecule has 1 aliphatic rings. The van der Waals surface area contributed by atoms with Gasteiger partial charge in [-0.25, -0.2) is 0 Å². The van der Waals surface area contributed by atoms with E-state index in [0.29, 0.717) is 12.7 Å². The molecule has 1 fully saturated rings. The fraction of sp³-hybridized carbons (Fsp3) is 1.00. The van der Waals surface area contributed by atoms with Crippen molar-refractivity contribution in [2.75, 3.05) is 32.7 Å². The van der Waals surface area contributed by atoms with Crippen LogP contribution in [0.15, 0.2) is 0 Å². The van der Waals surface area contributed by atoms with Gasteiger partial charge in [-0.15, -0.1) is 0 Å². The molecule has 15 heavy (non-hydrogen) atoms. The Labute approximate surface area is 95.5 Å². The maximum absolute atomic E-state index is 9.20. The number of thioether (sulfide) groups is 1. The highest BCUT2D eigenvalue weighted by molar-refractivity contribution is 8.00. The largest absolute Gasteiger partial charge is 0.395 e. The number of hydrogen-bond donors (Lipinski definition) is 2. The fourth-order valence-corrected chi connectivity index (χ4v) is 2.77. The van der Waals surface area contributed by atoms with Crippen LogP contribution in [0.25, 0.3) is 0 Å². The molecule has 5 heteroatoms. The van der Waals surface area contributed by atoms with Crippen LogP contribution in [0.5, 0.6) is 0 Å². The number of methoxy groups -OCH3 is 1. The van der Waals surface area contributed by atoms with Gasteiger partial charge in [0.05, 0.1) is 19.3 Å². The Kier molecular flexibility index (Phi) is 6.59. The summed E-state index contributed by atoms with van der Waals surface area (Å²) in [7, 11) is 1.62. The molecule has 1 aliphatic heterocycles. The van der Waals surface area contributed by atoms with E-state index in [2.05, 4.69) is 0 Å². The molecule has 0 amide bonds. The van der Waals surface area contributed by atoms with Gasteiger partial charge in [0.1, 0.15) is 0 Å². The van der Waals surface area contributed by atoms with E-state index in [-0.39, 0.29) is 17.9 Å². The lowest BCUT2D eigenvalue weighted by atomic mass is 10.2. The highest BCUT2D eigenvalue weighted by atomic mass is 32.2. The van der Waals surface area contributed by atoms with Crippen LogP contribution < -0.4 is 5.73 Å². The van der Waals surface area contributed by atoms with Crippen LogP contribution in [0.1, 0.15) is 12.8 Å². The Bertz CT molecular complexity index is 165. The first-order valence-corrected chi connectivity index (χ1v) is 6.41. The quantitative estimate of drug-likeness (QED) is 0.661. The van der Waals surface area contributed by atoms with Crippen LogP contribution in [-0.2, 0) is 9.47 Å². The summed E-state index contributed by atoms with van der Waals surface area (Å²) in [6.45, 7) is 1.46. The van der Waals surface area contributed by atoms with E-state index < -0.39 is 0 Å². The summed E-state index contributed by atoms with van der Waals surface area (Å²) in [6, 6.07) is -0.105. The minimum atomic E-state index is -0.105. The molecule has 0 aromatic carbocycles. The Balaban J connectivity index is 2.19. The summed E-state index contributed by atoms with van der Waals surface area (Å²) in [5.74, 6) is 0.919. The van der Waals surface area contributed by atoms with Crippen molar-refractivity contribution in [3.05, 3.63) is 0 Å². The van der Waals surface area contributed by atoms with Gasteiger partial charge in [-0.05, 0) is 12.8 Å². The van der Waals surface area contributed by atoms with Crippen LogP contribution in [0, 0.1) is 0 Å². The number of rotatable bonds is 7. The highest BCUT2D eigenvalue weighted by Crippen LogP contribution is 2.21. The molecule has 1 heterocycles. The normalized spacial score (nSPS) is 25.4. The topological polar surface area (TPSA) is 64.7 Å². The number of ether oxygens (including phenoxy) is 2. The predicted octanol–water partition coefficient (Wildman–Crippen LogP) is 0.233. The number of aliphatic hydroxyl groups is 1. The minimum absolute atomic E-state index is 0.0501. The molecule has 3 unspecified atom stereocenters. The maximum atomic E-state index is 9.20. The van der Waals surface area contributed by atoms with Gasteiger partial charge in [0.2, 0.25) is 0 Å². The molecule has 0 bridgehead atoms. The van der Waals surface area contributed by atoms with E-state index in [1.165, 1.54) is 0 Å².